The van der Waals surface area contributed by atoms with E-state index in [4.69, 9.17) is 9.66 Å². The Morgan fingerprint density at radius 2 is 1.85 bits per heavy atom. The number of carbonyl (C=O) groups excluding carboxylic acids is 1. The number of aliphatic carboxylic acids is 1. The molecule has 0 heterocycles. The fraction of sp³-hybridized carbons (Fsp3) is 0.667. The molecule has 1 unspecified atom stereocenters. The van der Waals surface area contributed by atoms with Crippen molar-refractivity contribution in [2.45, 2.75) is 13.3 Å². The van der Waals surface area contributed by atoms with Gasteiger partial charge < -0.3 is 5.11 Å². The van der Waals surface area contributed by atoms with Gasteiger partial charge in [-0.05, 0) is 0 Å². The zero-order chi connectivity index (χ0) is 10.6. The van der Waals surface area contributed by atoms with E-state index in [0.717, 1.165) is 0 Å². The van der Waals surface area contributed by atoms with Crippen LogP contribution in [0.2, 0.25) is 0 Å². The van der Waals surface area contributed by atoms with Gasteiger partial charge in [-0.1, -0.05) is 6.92 Å². The first kappa shape index (κ1) is 12.0. The molecule has 0 bridgehead atoms. The van der Waals surface area contributed by atoms with Crippen LogP contribution >= 0.6 is 0 Å². The quantitative estimate of drug-likeness (QED) is 0.595. The second-order valence-corrected chi connectivity index (χ2v) is 4.16. The van der Waals surface area contributed by atoms with Crippen molar-refractivity contribution in [3.05, 3.63) is 0 Å². The van der Waals surface area contributed by atoms with E-state index in [-0.39, 0.29) is 0 Å². The van der Waals surface area contributed by atoms with Crippen LogP contribution in [0.3, 0.4) is 0 Å². The summed E-state index contributed by atoms with van der Waals surface area (Å²) in [5, 5.41) is 8.37. The molecule has 0 aliphatic heterocycles. The normalized spacial score (nSPS) is 13.7. The molecule has 76 valence electrons. The van der Waals surface area contributed by atoms with Crippen LogP contribution in [0.1, 0.15) is 13.3 Å². The molecule has 0 aromatic carbocycles. The van der Waals surface area contributed by atoms with Crippen molar-refractivity contribution in [3.8, 4) is 0 Å². The van der Waals surface area contributed by atoms with Gasteiger partial charge in [0.15, 0.2) is 5.78 Å². The number of ketones is 1. The monoisotopic (exact) mass is 210 g/mol. The van der Waals surface area contributed by atoms with Crippen LogP contribution in [-0.2, 0) is 19.7 Å². The van der Waals surface area contributed by atoms with Gasteiger partial charge in [0, 0.05) is 6.42 Å². The lowest BCUT2D eigenvalue weighted by molar-refractivity contribution is -0.142. The molecule has 0 aromatic rings. The molecule has 0 rings (SSSR count). The Morgan fingerprint density at radius 1 is 1.38 bits per heavy atom. The summed E-state index contributed by atoms with van der Waals surface area (Å²) >= 11 is 0. The Balaban J connectivity index is 4.11. The van der Waals surface area contributed by atoms with E-state index in [2.05, 4.69) is 0 Å². The molecule has 0 spiro atoms. The zero-order valence-corrected chi connectivity index (χ0v) is 7.74. The molecule has 0 aliphatic carbocycles. The predicted octanol–water partition coefficient (Wildman–Crippen LogP) is -0.446. The zero-order valence-electron chi connectivity index (χ0n) is 6.93. The number of hydrogen-bond acceptors (Lipinski definition) is 4. The number of carboxylic acid groups (broad SMARTS) is 1. The molecule has 0 amide bonds. The van der Waals surface area contributed by atoms with Gasteiger partial charge in [-0.3, -0.25) is 14.1 Å². The van der Waals surface area contributed by atoms with Gasteiger partial charge in [0.25, 0.3) is 10.1 Å². The van der Waals surface area contributed by atoms with Crippen LogP contribution in [-0.4, -0.2) is 35.6 Å². The van der Waals surface area contributed by atoms with Crippen molar-refractivity contribution in [3.63, 3.8) is 0 Å². The molecule has 13 heavy (non-hydrogen) atoms. The highest BCUT2D eigenvalue weighted by Crippen LogP contribution is 2.03. The van der Waals surface area contributed by atoms with E-state index in [9.17, 15) is 18.0 Å². The Hall–Kier alpha value is -0.950. The summed E-state index contributed by atoms with van der Waals surface area (Å²) in [6, 6.07) is 0. The minimum absolute atomic E-state index is 0.394. The SMILES string of the molecule is CC(CC(=O)CS(=O)(=O)O)C(=O)O. The molecule has 0 aromatic heterocycles. The second kappa shape index (κ2) is 4.33. The molecule has 2 N–H and O–H groups in total. The third-order valence-corrected chi connectivity index (χ3v) is 1.99. The van der Waals surface area contributed by atoms with Gasteiger partial charge >= 0.3 is 5.97 Å². The molecule has 7 heteroatoms. The first-order valence-electron chi connectivity index (χ1n) is 3.42. The van der Waals surface area contributed by atoms with Crippen LogP contribution < -0.4 is 0 Å². The van der Waals surface area contributed by atoms with Crippen molar-refractivity contribution in [1.82, 2.24) is 0 Å². The molecular weight excluding hydrogens is 200 g/mol. The van der Waals surface area contributed by atoms with Crippen LogP contribution in [0.5, 0.6) is 0 Å². The van der Waals surface area contributed by atoms with Crippen molar-refractivity contribution in [1.29, 1.82) is 0 Å². The molecular formula is C6H10O6S. The Bertz CT molecular complexity index is 303. The first-order chi connectivity index (χ1) is 5.72. The summed E-state index contributed by atoms with van der Waals surface area (Å²) in [5.74, 6) is -3.94. The van der Waals surface area contributed by atoms with Crippen molar-refractivity contribution < 1.29 is 27.7 Å². The topological polar surface area (TPSA) is 109 Å². The van der Waals surface area contributed by atoms with Crippen LogP contribution in [0.4, 0.5) is 0 Å². The number of Topliss-reactive ketones (excluding diaryl/α,β-unsaturated/α-hetero) is 1. The minimum Gasteiger partial charge on any atom is -0.481 e. The van der Waals surface area contributed by atoms with Gasteiger partial charge in [0.1, 0.15) is 5.75 Å². The average molecular weight is 210 g/mol. The Labute approximate surface area is 75.3 Å². The summed E-state index contributed by atoms with van der Waals surface area (Å²) in [6.45, 7) is 1.28. The lowest BCUT2D eigenvalue weighted by atomic mass is 10.1. The molecule has 0 aliphatic rings. The van der Waals surface area contributed by atoms with Gasteiger partial charge in [0.05, 0.1) is 5.92 Å². The molecule has 1 atom stereocenters. The number of carbonyl (C=O) groups is 2. The lowest BCUT2D eigenvalue weighted by Gasteiger charge is -2.02. The molecule has 0 fully saturated rings. The summed E-state index contributed by atoms with van der Waals surface area (Å²) in [5.41, 5.74) is 0. The smallest absolute Gasteiger partial charge is 0.306 e. The molecule has 0 saturated heterocycles. The second-order valence-electron chi connectivity index (χ2n) is 2.71. The third kappa shape index (κ3) is 6.23. The summed E-state index contributed by atoms with van der Waals surface area (Å²) < 4.78 is 28.6. The van der Waals surface area contributed by atoms with Gasteiger partial charge in [-0.2, -0.15) is 8.42 Å². The largest absolute Gasteiger partial charge is 0.481 e. The van der Waals surface area contributed by atoms with Crippen LogP contribution in [0.25, 0.3) is 0 Å². The van der Waals surface area contributed by atoms with Crippen LogP contribution in [0, 0.1) is 5.92 Å². The number of hydrogen-bond donors (Lipinski definition) is 2. The van der Waals surface area contributed by atoms with E-state index in [0.29, 0.717) is 0 Å². The fourth-order valence-electron chi connectivity index (χ4n) is 0.691. The predicted molar refractivity (Wildman–Crippen MR) is 42.8 cm³/mol. The minimum atomic E-state index is -4.34. The van der Waals surface area contributed by atoms with Crippen LogP contribution in [0.15, 0.2) is 0 Å². The number of rotatable bonds is 5. The maximum atomic E-state index is 10.8. The summed E-state index contributed by atoms with van der Waals surface area (Å²) in [7, 11) is -4.34. The molecule has 0 radical (unpaired) electrons. The average Bonchev–Trinajstić information content (AvgIpc) is 1.81. The van der Waals surface area contributed by atoms with Crippen molar-refractivity contribution >= 4 is 21.9 Å². The molecule has 0 saturated carbocycles. The van der Waals surface area contributed by atoms with E-state index < -0.39 is 40.0 Å². The van der Waals surface area contributed by atoms with E-state index >= 15 is 0 Å². The standard InChI is InChI=1S/C6H10O6S/c1-4(6(8)9)2-5(7)3-13(10,11)12/h4H,2-3H2,1H3,(H,8,9)(H,10,11,12). The van der Waals surface area contributed by atoms with E-state index in [1.807, 2.05) is 0 Å². The first-order valence-corrected chi connectivity index (χ1v) is 5.03. The van der Waals surface area contributed by atoms with Gasteiger partial charge in [-0.25, -0.2) is 0 Å². The fourth-order valence-corrected chi connectivity index (χ4v) is 1.22. The van der Waals surface area contributed by atoms with Crippen molar-refractivity contribution in [2.75, 3.05) is 5.75 Å². The summed E-state index contributed by atoms with van der Waals surface area (Å²) in [4.78, 5) is 21.0. The van der Waals surface area contributed by atoms with Gasteiger partial charge in [0.2, 0.25) is 0 Å². The highest BCUT2D eigenvalue weighted by Gasteiger charge is 2.19. The maximum absolute atomic E-state index is 10.8. The summed E-state index contributed by atoms with van der Waals surface area (Å²) in [6.07, 6.45) is -0.394. The Morgan fingerprint density at radius 3 is 2.15 bits per heavy atom. The number of carboxylic acids is 1. The Kier molecular flexibility index (Phi) is 4.02. The van der Waals surface area contributed by atoms with E-state index in [1.165, 1.54) is 6.92 Å². The third-order valence-electron chi connectivity index (χ3n) is 1.30. The van der Waals surface area contributed by atoms with Gasteiger partial charge in [-0.15, -0.1) is 0 Å². The maximum Gasteiger partial charge on any atom is 0.306 e. The lowest BCUT2D eigenvalue weighted by Crippen LogP contribution is -2.20. The van der Waals surface area contributed by atoms with E-state index in [1.54, 1.807) is 0 Å². The highest BCUT2D eigenvalue weighted by atomic mass is 32.2. The molecule has 6 nitrogen and oxygen atoms in total. The highest BCUT2D eigenvalue weighted by molar-refractivity contribution is 7.86. The van der Waals surface area contributed by atoms with Crippen molar-refractivity contribution in [2.24, 2.45) is 5.92 Å².